The Kier molecular flexibility index (Phi) is 6.55. The van der Waals surface area contributed by atoms with E-state index in [0.29, 0.717) is 23.8 Å². The van der Waals surface area contributed by atoms with E-state index in [9.17, 15) is 13.2 Å². The van der Waals surface area contributed by atoms with Crippen molar-refractivity contribution in [2.75, 3.05) is 6.54 Å². The number of aliphatic imine (C=N–C) groups is 1. The van der Waals surface area contributed by atoms with Gasteiger partial charge in [-0.15, -0.1) is 13.2 Å². The van der Waals surface area contributed by atoms with Gasteiger partial charge in [-0.3, -0.25) is 0 Å². The molecule has 1 unspecified atom stereocenters. The summed E-state index contributed by atoms with van der Waals surface area (Å²) in [6.45, 7) is 2.53. The molecule has 0 amide bonds. The van der Waals surface area contributed by atoms with Crippen molar-refractivity contribution >= 4 is 5.96 Å². The lowest BCUT2D eigenvalue weighted by molar-refractivity contribution is -0.274. The second-order valence-electron chi connectivity index (χ2n) is 6.50. The van der Waals surface area contributed by atoms with Gasteiger partial charge in [0.2, 0.25) is 11.7 Å². The Morgan fingerprint density at radius 1 is 1.17 bits per heavy atom. The Balaban J connectivity index is 1.49. The van der Waals surface area contributed by atoms with Crippen LogP contribution in [0.25, 0.3) is 11.4 Å². The number of aromatic nitrogens is 2. The zero-order valence-corrected chi connectivity index (χ0v) is 16.1. The van der Waals surface area contributed by atoms with Crippen LogP contribution in [-0.4, -0.2) is 29.0 Å². The first-order valence-corrected chi connectivity index (χ1v) is 9.07. The van der Waals surface area contributed by atoms with Crippen LogP contribution in [0.2, 0.25) is 0 Å². The summed E-state index contributed by atoms with van der Waals surface area (Å²) in [5.41, 5.74) is 7.40. The first-order chi connectivity index (χ1) is 14.3. The first-order valence-electron chi connectivity index (χ1n) is 9.07. The zero-order valence-electron chi connectivity index (χ0n) is 16.1. The van der Waals surface area contributed by atoms with E-state index >= 15 is 0 Å². The third-order valence-corrected chi connectivity index (χ3v) is 4.07. The third kappa shape index (κ3) is 6.23. The molecule has 0 fully saturated rings. The fraction of sp³-hybridized carbons (Fsp3) is 0.250. The van der Waals surface area contributed by atoms with Crippen LogP contribution in [0, 0.1) is 0 Å². The zero-order chi connectivity index (χ0) is 21.6. The molecule has 1 aromatic heterocycles. The van der Waals surface area contributed by atoms with E-state index in [1.54, 1.807) is 0 Å². The lowest BCUT2D eigenvalue weighted by Gasteiger charge is -2.10. The van der Waals surface area contributed by atoms with E-state index in [1.165, 1.54) is 24.3 Å². The van der Waals surface area contributed by atoms with Gasteiger partial charge in [-0.1, -0.05) is 54.5 Å². The largest absolute Gasteiger partial charge is 0.573 e. The molecular formula is C20H20F3N5O2. The summed E-state index contributed by atoms with van der Waals surface area (Å²) >= 11 is 0. The van der Waals surface area contributed by atoms with Crippen LogP contribution in [0.4, 0.5) is 13.2 Å². The molecule has 3 aromatic rings. The smallest absolute Gasteiger partial charge is 0.406 e. The number of ether oxygens (including phenoxy) is 1. The van der Waals surface area contributed by atoms with Crippen LogP contribution in [0.5, 0.6) is 5.75 Å². The number of benzene rings is 2. The number of guanidine groups is 1. The first kappa shape index (κ1) is 21.2. The average Bonchev–Trinajstić information content (AvgIpc) is 3.21. The van der Waals surface area contributed by atoms with Crippen molar-refractivity contribution in [1.29, 1.82) is 0 Å². The van der Waals surface area contributed by atoms with Crippen molar-refractivity contribution in [1.82, 2.24) is 15.5 Å². The van der Waals surface area contributed by atoms with E-state index in [0.717, 1.165) is 5.56 Å². The van der Waals surface area contributed by atoms with Crippen LogP contribution < -0.4 is 15.8 Å². The van der Waals surface area contributed by atoms with Gasteiger partial charge in [0, 0.05) is 12.1 Å². The molecule has 1 atom stereocenters. The number of halogens is 3. The van der Waals surface area contributed by atoms with Crippen molar-refractivity contribution in [2.45, 2.75) is 25.7 Å². The highest BCUT2D eigenvalue weighted by atomic mass is 19.4. The molecule has 0 saturated carbocycles. The maximum atomic E-state index is 12.2. The Hall–Kier alpha value is -3.56. The average molecular weight is 419 g/mol. The molecular weight excluding hydrogens is 399 g/mol. The van der Waals surface area contributed by atoms with E-state index in [1.807, 2.05) is 37.3 Å². The molecule has 2 aromatic carbocycles. The topological polar surface area (TPSA) is 98.6 Å². The maximum Gasteiger partial charge on any atom is 0.573 e. The fourth-order valence-electron chi connectivity index (χ4n) is 2.51. The molecule has 0 saturated heterocycles. The molecule has 0 radical (unpaired) electrons. The summed E-state index contributed by atoms with van der Waals surface area (Å²) in [5, 5.41) is 6.95. The van der Waals surface area contributed by atoms with Gasteiger partial charge < -0.3 is 20.3 Å². The molecule has 30 heavy (non-hydrogen) atoms. The molecule has 158 valence electrons. The lowest BCUT2D eigenvalue weighted by Crippen LogP contribution is -2.34. The van der Waals surface area contributed by atoms with E-state index in [-0.39, 0.29) is 24.2 Å². The highest BCUT2D eigenvalue weighted by Crippen LogP contribution is 2.23. The summed E-state index contributed by atoms with van der Waals surface area (Å²) in [6.07, 6.45) is -4.72. The predicted octanol–water partition coefficient (Wildman–Crippen LogP) is 3.84. The van der Waals surface area contributed by atoms with Crippen molar-refractivity contribution < 1.29 is 22.4 Å². The summed E-state index contributed by atoms with van der Waals surface area (Å²) < 4.78 is 45.7. The van der Waals surface area contributed by atoms with E-state index < -0.39 is 6.36 Å². The number of rotatable bonds is 7. The van der Waals surface area contributed by atoms with Crippen molar-refractivity contribution in [3.05, 3.63) is 66.1 Å². The molecule has 3 rings (SSSR count). The Labute approximate surface area is 170 Å². The molecule has 10 heteroatoms. The Bertz CT molecular complexity index is 972. The van der Waals surface area contributed by atoms with E-state index in [4.69, 9.17) is 10.3 Å². The minimum absolute atomic E-state index is 0.109. The number of nitrogens with one attached hydrogen (secondary N) is 1. The van der Waals surface area contributed by atoms with Gasteiger partial charge in [0.15, 0.2) is 5.96 Å². The minimum Gasteiger partial charge on any atom is -0.406 e. The fourth-order valence-corrected chi connectivity index (χ4v) is 2.51. The highest BCUT2D eigenvalue weighted by molar-refractivity contribution is 5.77. The number of nitrogens with zero attached hydrogens (tertiary/aromatic N) is 3. The molecule has 0 aliphatic heterocycles. The number of alkyl halides is 3. The van der Waals surface area contributed by atoms with Gasteiger partial charge in [-0.2, -0.15) is 4.98 Å². The van der Waals surface area contributed by atoms with Gasteiger partial charge in [0.25, 0.3) is 0 Å². The predicted molar refractivity (Wildman–Crippen MR) is 105 cm³/mol. The summed E-state index contributed by atoms with van der Waals surface area (Å²) in [5.74, 6) is 0.777. The van der Waals surface area contributed by atoms with E-state index in [2.05, 4.69) is 25.2 Å². The molecule has 0 aliphatic carbocycles. The number of nitrogens with two attached hydrogens (primary N) is 1. The second-order valence-corrected chi connectivity index (χ2v) is 6.50. The second kappa shape index (κ2) is 9.29. The molecule has 0 aliphatic rings. The van der Waals surface area contributed by atoms with Gasteiger partial charge in [-0.05, 0) is 17.7 Å². The van der Waals surface area contributed by atoms with Crippen LogP contribution >= 0.6 is 0 Å². The van der Waals surface area contributed by atoms with Gasteiger partial charge in [0.1, 0.15) is 5.75 Å². The molecule has 3 N–H and O–H groups in total. The van der Waals surface area contributed by atoms with Gasteiger partial charge in [-0.25, -0.2) is 4.99 Å². The lowest BCUT2D eigenvalue weighted by atomic mass is 10.2. The van der Waals surface area contributed by atoms with Crippen LogP contribution in [-0.2, 0) is 6.54 Å². The molecule has 0 spiro atoms. The van der Waals surface area contributed by atoms with Crippen molar-refractivity contribution in [3.63, 3.8) is 0 Å². The quantitative estimate of drug-likeness (QED) is 0.446. The summed E-state index contributed by atoms with van der Waals surface area (Å²) in [7, 11) is 0. The van der Waals surface area contributed by atoms with Crippen molar-refractivity contribution in [2.24, 2.45) is 10.7 Å². The number of hydrogen-bond donors (Lipinski definition) is 2. The number of hydrogen-bond acceptors (Lipinski definition) is 5. The van der Waals surface area contributed by atoms with Crippen LogP contribution in [0.15, 0.2) is 64.1 Å². The monoisotopic (exact) mass is 419 g/mol. The Morgan fingerprint density at radius 2 is 1.87 bits per heavy atom. The van der Waals surface area contributed by atoms with Gasteiger partial charge >= 0.3 is 6.36 Å². The SMILES string of the molecule is CC(CNC(N)=NCc1ccc(OC(F)(F)F)cc1)c1nc(-c2ccccc2)no1. The maximum absolute atomic E-state index is 12.2. The molecule has 1 heterocycles. The normalized spacial score (nSPS) is 13.1. The van der Waals surface area contributed by atoms with Crippen molar-refractivity contribution in [3.8, 4) is 17.1 Å². The van der Waals surface area contributed by atoms with Gasteiger partial charge in [0.05, 0.1) is 12.5 Å². The molecule has 0 bridgehead atoms. The van der Waals surface area contributed by atoms with Crippen LogP contribution in [0.3, 0.4) is 0 Å². The summed E-state index contributed by atoms with van der Waals surface area (Å²) in [6, 6.07) is 14.9. The summed E-state index contributed by atoms with van der Waals surface area (Å²) in [4.78, 5) is 8.57. The molecule has 7 nitrogen and oxygen atoms in total. The van der Waals surface area contributed by atoms with Crippen LogP contribution in [0.1, 0.15) is 24.3 Å². The minimum atomic E-state index is -4.72. The Morgan fingerprint density at radius 3 is 2.53 bits per heavy atom. The standard InChI is InChI=1S/C20H20F3N5O2/c1-13(18-27-17(28-30-18)15-5-3-2-4-6-15)11-25-19(24)26-12-14-7-9-16(10-8-14)29-20(21,22)23/h2-10,13H,11-12H2,1H3,(H3,24,25,26). The third-order valence-electron chi connectivity index (χ3n) is 4.07. The highest BCUT2D eigenvalue weighted by Gasteiger charge is 2.30.